The summed E-state index contributed by atoms with van der Waals surface area (Å²) in [5.74, 6) is 0.239. The lowest BCUT2D eigenvalue weighted by Crippen LogP contribution is -2.38. The summed E-state index contributed by atoms with van der Waals surface area (Å²) < 4.78 is 6.07. The summed E-state index contributed by atoms with van der Waals surface area (Å²) in [5.41, 5.74) is 0.958. The van der Waals surface area contributed by atoms with Crippen molar-refractivity contribution < 1.29 is 14.9 Å². The van der Waals surface area contributed by atoms with Crippen LogP contribution in [0.4, 0.5) is 0 Å². The van der Waals surface area contributed by atoms with Crippen molar-refractivity contribution in [2.45, 2.75) is 18.7 Å². The van der Waals surface area contributed by atoms with Gasteiger partial charge in [-0.1, -0.05) is 15.9 Å². The molecule has 1 aromatic rings. The Morgan fingerprint density at radius 2 is 2.25 bits per heavy atom. The Morgan fingerprint density at radius 3 is 2.94 bits per heavy atom. The molecule has 4 nitrogen and oxygen atoms in total. The number of aromatic hydroxyl groups is 1. The molecule has 1 fully saturated rings. The smallest absolute Gasteiger partial charge is 0.115 e. The van der Waals surface area contributed by atoms with E-state index in [-0.39, 0.29) is 11.8 Å². The van der Waals surface area contributed by atoms with Gasteiger partial charge in [0, 0.05) is 11.0 Å². The number of phenolic OH excluding ortho intramolecular Hbond substituents is 1. The standard InChI is InChI=1S/C11H14BrNO3/c12-9-2-1-8(14)3-7(9)4-13-10-5-16-6-11(10)15/h1-3,10-11,13-15H,4-6H2. The van der Waals surface area contributed by atoms with E-state index in [0.29, 0.717) is 19.8 Å². The molecule has 1 saturated heterocycles. The van der Waals surface area contributed by atoms with Crippen molar-refractivity contribution in [3.05, 3.63) is 28.2 Å². The van der Waals surface area contributed by atoms with Crippen molar-refractivity contribution in [2.24, 2.45) is 0 Å². The molecule has 0 aromatic heterocycles. The van der Waals surface area contributed by atoms with Crippen molar-refractivity contribution >= 4 is 15.9 Å². The number of hydrogen-bond donors (Lipinski definition) is 3. The van der Waals surface area contributed by atoms with Crippen molar-refractivity contribution in [3.63, 3.8) is 0 Å². The van der Waals surface area contributed by atoms with Gasteiger partial charge >= 0.3 is 0 Å². The van der Waals surface area contributed by atoms with Gasteiger partial charge in [-0.3, -0.25) is 0 Å². The maximum absolute atomic E-state index is 9.54. The largest absolute Gasteiger partial charge is 0.508 e. The predicted molar refractivity (Wildman–Crippen MR) is 63.3 cm³/mol. The first-order chi connectivity index (χ1) is 7.66. The van der Waals surface area contributed by atoms with E-state index >= 15 is 0 Å². The highest BCUT2D eigenvalue weighted by Crippen LogP contribution is 2.21. The fourth-order valence-electron chi connectivity index (χ4n) is 1.68. The van der Waals surface area contributed by atoms with Crippen LogP contribution in [0.25, 0.3) is 0 Å². The van der Waals surface area contributed by atoms with Gasteiger partial charge in [0.25, 0.3) is 0 Å². The third kappa shape index (κ3) is 2.74. The normalized spacial score (nSPS) is 24.9. The Hall–Kier alpha value is -0.620. The predicted octanol–water partition coefficient (Wildman–Crippen LogP) is 1.00. The Morgan fingerprint density at radius 1 is 1.44 bits per heavy atom. The van der Waals surface area contributed by atoms with E-state index in [4.69, 9.17) is 4.74 Å². The van der Waals surface area contributed by atoms with Crippen LogP contribution < -0.4 is 5.32 Å². The number of nitrogens with one attached hydrogen (secondary N) is 1. The molecule has 0 aliphatic carbocycles. The second-order valence-corrected chi connectivity index (χ2v) is 4.72. The fourth-order valence-corrected chi connectivity index (χ4v) is 2.06. The minimum absolute atomic E-state index is 0.0331. The lowest BCUT2D eigenvalue weighted by atomic mass is 10.1. The van der Waals surface area contributed by atoms with Crippen LogP contribution in [0.15, 0.2) is 22.7 Å². The quantitative estimate of drug-likeness (QED) is 0.776. The van der Waals surface area contributed by atoms with Crippen molar-refractivity contribution in [2.75, 3.05) is 13.2 Å². The van der Waals surface area contributed by atoms with Gasteiger partial charge in [0.2, 0.25) is 0 Å². The molecule has 2 unspecified atom stereocenters. The average Bonchev–Trinajstić information content (AvgIpc) is 2.66. The van der Waals surface area contributed by atoms with Gasteiger partial charge in [-0.15, -0.1) is 0 Å². The van der Waals surface area contributed by atoms with E-state index in [2.05, 4.69) is 21.2 Å². The van der Waals surface area contributed by atoms with Crippen LogP contribution in [-0.4, -0.2) is 35.6 Å². The molecule has 1 heterocycles. The minimum atomic E-state index is -0.448. The number of halogens is 1. The van der Waals surface area contributed by atoms with Crippen molar-refractivity contribution in [3.8, 4) is 5.75 Å². The van der Waals surface area contributed by atoms with E-state index in [1.165, 1.54) is 0 Å². The molecule has 1 aromatic carbocycles. The maximum atomic E-state index is 9.54. The molecule has 1 aliphatic heterocycles. The summed E-state index contributed by atoms with van der Waals surface area (Å²) in [6, 6.07) is 5.09. The first kappa shape index (κ1) is 11.9. The first-order valence-electron chi connectivity index (χ1n) is 5.13. The van der Waals surface area contributed by atoms with Crippen LogP contribution >= 0.6 is 15.9 Å². The Balaban J connectivity index is 1.96. The second-order valence-electron chi connectivity index (χ2n) is 3.87. The summed E-state index contributed by atoms with van der Waals surface area (Å²) in [5, 5.41) is 22.1. The van der Waals surface area contributed by atoms with Crippen molar-refractivity contribution in [1.82, 2.24) is 5.32 Å². The Bertz CT molecular complexity index is 372. The van der Waals surface area contributed by atoms with E-state index < -0.39 is 6.10 Å². The van der Waals surface area contributed by atoms with Crippen molar-refractivity contribution in [1.29, 1.82) is 0 Å². The van der Waals surface area contributed by atoms with Crippen LogP contribution in [-0.2, 0) is 11.3 Å². The van der Waals surface area contributed by atoms with Crippen LogP contribution in [0, 0.1) is 0 Å². The number of aliphatic hydroxyl groups excluding tert-OH is 1. The highest BCUT2D eigenvalue weighted by molar-refractivity contribution is 9.10. The first-order valence-corrected chi connectivity index (χ1v) is 5.92. The molecular formula is C11H14BrNO3. The summed E-state index contributed by atoms with van der Waals surface area (Å²) >= 11 is 3.41. The summed E-state index contributed by atoms with van der Waals surface area (Å²) in [6.07, 6.45) is -0.448. The van der Waals surface area contributed by atoms with E-state index in [0.717, 1.165) is 10.0 Å². The number of hydrogen-bond acceptors (Lipinski definition) is 4. The summed E-state index contributed by atoms with van der Waals surface area (Å²) in [6.45, 7) is 1.50. The van der Waals surface area contributed by atoms with Crippen LogP contribution in [0.3, 0.4) is 0 Å². The highest BCUT2D eigenvalue weighted by Gasteiger charge is 2.25. The zero-order valence-corrected chi connectivity index (χ0v) is 10.3. The third-order valence-corrected chi connectivity index (χ3v) is 3.41. The molecule has 3 N–H and O–H groups in total. The molecule has 16 heavy (non-hydrogen) atoms. The monoisotopic (exact) mass is 287 g/mol. The molecule has 0 bridgehead atoms. The fraction of sp³-hybridized carbons (Fsp3) is 0.455. The third-order valence-electron chi connectivity index (χ3n) is 2.63. The van der Waals surface area contributed by atoms with Gasteiger partial charge in [0.1, 0.15) is 5.75 Å². The SMILES string of the molecule is Oc1ccc(Br)c(CNC2COCC2O)c1. The Kier molecular flexibility index (Phi) is 3.81. The topological polar surface area (TPSA) is 61.7 Å². The lowest BCUT2D eigenvalue weighted by molar-refractivity contribution is 0.122. The number of ether oxygens (including phenoxy) is 1. The molecule has 1 aliphatic rings. The highest BCUT2D eigenvalue weighted by atomic mass is 79.9. The van der Waals surface area contributed by atoms with Crippen LogP contribution in [0.5, 0.6) is 5.75 Å². The van der Waals surface area contributed by atoms with Crippen LogP contribution in [0.2, 0.25) is 0 Å². The molecule has 0 saturated carbocycles. The molecule has 2 atom stereocenters. The lowest BCUT2D eigenvalue weighted by Gasteiger charge is -2.15. The average molecular weight is 288 g/mol. The van der Waals surface area contributed by atoms with Gasteiger partial charge in [-0.2, -0.15) is 0 Å². The van der Waals surface area contributed by atoms with Gasteiger partial charge < -0.3 is 20.3 Å². The number of rotatable bonds is 3. The van der Waals surface area contributed by atoms with Gasteiger partial charge in [0.05, 0.1) is 25.4 Å². The minimum Gasteiger partial charge on any atom is -0.508 e. The zero-order chi connectivity index (χ0) is 11.5. The van der Waals surface area contributed by atoms with Crippen LogP contribution in [0.1, 0.15) is 5.56 Å². The maximum Gasteiger partial charge on any atom is 0.115 e. The summed E-state index contributed by atoms with van der Waals surface area (Å²) in [4.78, 5) is 0. The number of phenols is 1. The molecule has 5 heteroatoms. The molecule has 0 amide bonds. The second kappa shape index (κ2) is 5.14. The number of benzene rings is 1. The molecule has 88 valence electrons. The van der Waals surface area contributed by atoms with Gasteiger partial charge in [-0.05, 0) is 23.8 Å². The summed E-state index contributed by atoms with van der Waals surface area (Å²) in [7, 11) is 0. The number of aliphatic hydroxyl groups is 1. The molecule has 0 spiro atoms. The van der Waals surface area contributed by atoms with E-state index in [9.17, 15) is 10.2 Å². The van der Waals surface area contributed by atoms with Gasteiger partial charge in [0.15, 0.2) is 0 Å². The molecule has 2 rings (SSSR count). The van der Waals surface area contributed by atoms with Gasteiger partial charge in [-0.25, -0.2) is 0 Å². The zero-order valence-electron chi connectivity index (χ0n) is 8.69. The Labute approximate surface area is 102 Å². The van der Waals surface area contributed by atoms with E-state index in [1.807, 2.05) is 0 Å². The molecular weight excluding hydrogens is 274 g/mol. The molecule has 0 radical (unpaired) electrons. The van der Waals surface area contributed by atoms with E-state index in [1.54, 1.807) is 18.2 Å².